The predicted octanol–water partition coefficient (Wildman–Crippen LogP) is 8.19. The molecule has 4 heterocycles. The Morgan fingerprint density at radius 2 is 1.89 bits per heavy atom. The first kappa shape index (κ1) is 30.0. The lowest BCUT2D eigenvalue weighted by Gasteiger charge is -2.23. The molecule has 1 aliphatic rings. The van der Waals surface area contributed by atoms with Crippen molar-refractivity contribution in [1.82, 2.24) is 14.6 Å². The van der Waals surface area contributed by atoms with Gasteiger partial charge in [-0.3, -0.25) is 4.79 Å². The minimum atomic E-state index is -4.74. The van der Waals surface area contributed by atoms with Crippen molar-refractivity contribution >= 4 is 45.2 Å². The molecular formula is C32H29F3N4O3S2. The summed E-state index contributed by atoms with van der Waals surface area (Å²) in [5.41, 5.74) is 1.09. The lowest BCUT2D eigenvalue weighted by atomic mass is 9.83. The number of aromatic nitrogens is 3. The van der Waals surface area contributed by atoms with Gasteiger partial charge in [-0.2, -0.15) is 18.3 Å². The van der Waals surface area contributed by atoms with Gasteiger partial charge in [0.15, 0.2) is 17.0 Å². The summed E-state index contributed by atoms with van der Waals surface area (Å²) in [5, 5.41) is 7.06. The van der Waals surface area contributed by atoms with Crippen molar-refractivity contribution in [3.63, 3.8) is 0 Å². The van der Waals surface area contributed by atoms with Crippen molar-refractivity contribution in [3.8, 4) is 10.6 Å². The highest BCUT2D eigenvalue weighted by molar-refractivity contribution is 7.17. The quantitative estimate of drug-likeness (QED) is 0.182. The van der Waals surface area contributed by atoms with Crippen LogP contribution in [-0.2, 0) is 30.2 Å². The number of alkyl halides is 3. The average Bonchev–Trinajstić information content (AvgIpc) is 3.72. The Hall–Kier alpha value is -4.03. The van der Waals surface area contributed by atoms with E-state index in [-0.39, 0.29) is 29.1 Å². The summed E-state index contributed by atoms with van der Waals surface area (Å²) in [5.74, 6) is -1.03. The summed E-state index contributed by atoms with van der Waals surface area (Å²) in [6, 6.07) is 15.9. The number of amides is 1. The largest absolute Gasteiger partial charge is 0.459 e. The van der Waals surface area contributed by atoms with Crippen LogP contribution in [0.15, 0.2) is 54.6 Å². The van der Waals surface area contributed by atoms with E-state index in [4.69, 9.17) is 4.74 Å². The summed E-state index contributed by atoms with van der Waals surface area (Å²) in [7, 11) is 0. The Morgan fingerprint density at radius 1 is 1.11 bits per heavy atom. The van der Waals surface area contributed by atoms with Crippen LogP contribution in [0.5, 0.6) is 0 Å². The maximum Gasteiger partial charge on any atom is 0.433 e. The third-order valence-corrected chi connectivity index (χ3v) is 9.94. The number of hydrogen-bond acceptors (Lipinski definition) is 7. The molecule has 0 spiro atoms. The number of aryl methyl sites for hydroxylation is 1. The van der Waals surface area contributed by atoms with Gasteiger partial charge in [-0.05, 0) is 74.8 Å². The predicted molar refractivity (Wildman–Crippen MR) is 165 cm³/mol. The molecule has 0 fully saturated rings. The summed E-state index contributed by atoms with van der Waals surface area (Å²) in [6.07, 6.45) is -2.22. The van der Waals surface area contributed by atoms with Crippen LogP contribution in [0.1, 0.15) is 80.5 Å². The summed E-state index contributed by atoms with van der Waals surface area (Å²) in [4.78, 5) is 33.7. The summed E-state index contributed by atoms with van der Waals surface area (Å²) >= 11 is 2.66. The maximum atomic E-state index is 14.1. The number of ether oxygens (including phenoxy) is 1. The minimum Gasteiger partial charge on any atom is -0.459 e. The first-order valence-corrected chi connectivity index (χ1v) is 15.9. The number of halogens is 3. The second-order valence-corrected chi connectivity index (χ2v) is 13.2. The Kier molecular flexibility index (Phi) is 8.06. The number of nitrogens with zero attached hydrogens (tertiary/aromatic N) is 3. The van der Waals surface area contributed by atoms with Gasteiger partial charge >= 0.3 is 12.1 Å². The molecule has 1 aromatic carbocycles. The number of hydrogen-bond donors (Lipinski definition) is 1. The van der Waals surface area contributed by atoms with Gasteiger partial charge in [0.05, 0.1) is 22.2 Å². The van der Waals surface area contributed by atoms with Crippen LogP contribution in [0.4, 0.5) is 18.2 Å². The number of esters is 1. The van der Waals surface area contributed by atoms with E-state index in [0.29, 0.717) is 32.8 Å². The average molecular weight is 639 g/mol. The van der Waals surface area contributed by atoms with Gasteiger partial charge in [0, 0.05) is 15.8 Å². The van der Waals surface area contributed by atoms with Crippen molar-refractivity contribution in [2.24, 2.45) is 0 Å². The number of carbonyl (C=O) groups is 2. The molecule has 0 saturated heterocycles. The van der Waals surface area contributed by atoms with Gasteiger partial charge in [0.25, 0.3) is 5.91 Å². The van der Waals surface area contributed by atoms with E-state index in [1.165, 1.54) is 34.3 Å². The molecule has 44 heavy (non-hydrogen) atoms. The zero-order valence-corrected chi connectivity index (χ0v) is 25.8. The lowest BCUT2D eigenvalue weighted by molar-refractivity contribution is -0.142. The van der Waals surface area contributed by atoms with Crippen molar-refractivity contribution in [2.75, 3.05) is 5.32 Å². The van der Waals surface area contributed by atoms with Crippen LogP contribution in [0.2, 0.25) is 0 Å². The van der Waals surface area contributed by atoms with Gasteiger partial charge in [0.1, 0.15) is 5.00 Å². The molecule has 6 rings (SSSR count). The van der Waals surface area contributed by atoms with Gasteiger partial charge in [0.2, 0.25) is 0 Å². The molecule has 5 aromatic rings. The van der Waals surface area contributed by atoms with Crippen LogP contribution >= 0.6 is 22.7 Å². The van der Waals surface area contributed by atoms with E-state index in [1.807, 2.05) is 31.2 Å². The highest BCUT2D eigenvalue weighted by Gasteiger charge is 2.36. The Bertz CT molecular complexity index is 1860. The highest BCUT2D eigenvalue weighted by Crippen LogP contribution is 2.43. The molecule has 1 atom stereocenters. The number of anilines is 1. The van der Waals surface area contributed by atoms with Gasteiger partial charge in [-0.1, -0.05) is 37.3 Å². The standard InChI is InChI=1S/C32H29F3N4O3S2/c1-4-20-11-13-24(43-20)22-15-26(32(33,34)35)39-27(36-22)16-23(38-39)29(40)37-30-28(31(41)42-17(2)3)21-12-10-19(14-25(21)44-30)18-8-6-5-7-9-18/h5-9,11,13,15-17,19H,4,10,12,14H2,1-3H3,(H,37,40)/t19-/m1/s1. The van der Waals surface area contributed by atoms with E-state index < -0.39 is 23.7 Å². The van der Waals surface area contributed by atoms with E-state index in [2.05, 4.69) is 27.5 Å². The fraction of sp³-hybridized carbons (Fsp3) is 0.312. The smallest absolute Gasteiger partial charge is 0.433 e. The molecule has 1 N–H and O–H groups in total. The molecule has 0 bridgehead atoms. The first-order valence-electron chi connectivity index (χ1n) is 14.3. The van der Waals surface area contributed by atoms with E-state index >= 15 is 0 Å². The fourth-order valence-electron chi connectivity index (χ4n) is 5.46. The molecule has 12 heteroatoms. The van der Waals surface area contributed by atoms with Crippen LogP contribution in [0.25, 0.3) is 16.2 Å². The Labute approximate surface area is 259 Å². The van der Waals surface area contributed by atoms with Gasteiger partial charge in [-0.25, -0.2) is 14.3 Å². The molecule has 1 aliphatic carbocycles. The minimum absolute atomic E-state index is 0.109. The monoisotopic (exact) mass is 638 g/mol. The van der Waals surface area contributed by atoms with E-state index in [9.17, 15) is 22.8 Å². The highest BCUT2D eigenvalue weighted by atomic mass is 32.1. The fourth-order valence-corrected chi connectivity index (χ4v) is 7.68. The number of fused-ring (bicyclic) bond motifs is 2. The third kappa shape index (κ3) is 5.88. The number of rotatable bonds is 7. The van der Waals surface area contributed by atoms with Crippen LogP contribution in [0, 0.1) is 0 Å². The normalized spacial score (nSPS) is 15.0. The maximum absolute atomic E-state index is 14.1. The van der Waals surface area contributed by atoms with Crippen LogP contribution in [0.3, 0.4) is 0 Å². The number of benzene rings is 1. The van der Waals surface area contributed by atoms with Gasteiger partial charge in [-0.15, -0.1) is 22.7 Å². The number of carbonyl (C=O) groups excluding carboxylic acids is 2. The first-order chi connectivity index (χ1) is 21.0. The third-order valence-electron chi connectivity index (χ3n) is 7.52. The molecule has 0 saturated carbocycles. The van der Waals surface area contributed by atoms with Crippen molar-refractivity contribution in [1.29, 1.82) is 0 Å². The molecule has 0 radical (unpaired) electrons. The molecular weight excluding hydrogens is 610 g/mol. The van der Waals surface area contributed by atoms with Crippen LogP contribution < -0.4 is 5.32 Å². The van der Waals surface area contributed by atoms with Crippen molar-refractivity contribution in [2.45, 2.75) is 64.7 Å². The van der Waals surface area contributed by atoms with E-state index in [1.54, 1.807) is 19.9 Å². The summed E-state index contributed by atoms with van der Waals surface area (Å²) in [6.45, 7) is 5.46. The lowest BCUT2D eigenvalue weighted by Crippen LogP contribution is -2.19. The van der Waals surface area contributed by atoms with E-state index in [0.717, 1.165) is 34.2 Å². The molecule has 1 amide bonds. The zero-order valence-electron chi connectivity index (χ0n) is 24.2. The second kappa shape index (κ2) is 11.8. The summed E-state index contributed by atoms with van der Waals surface area (Å²) < 4.78 is 48.6. The molecule has 0 aliphatic heterocycles. The Morgan fingerprint density at radius 3 is 2.57 bits per heavy atom. The SMILES string of the molecule is CCc1ccc(-c2cc(C(F)(F)F)n3nc(C(=O)Nc4sc5c(c4C(=O)OC(C)C)CC[C@@H](c4ccccc4)C5)cc3n2)s1. The van der Waals surface area contributed by atoms with Crippen molar-refractivity contribution < 1.29 is 27.5 Å². The van der Waals surface area contributed by atoms with Crippen molar-refractivity contribution in [3.05, 3.63) is 92.4 Å². The molecule has 4 aromatic heterocycles. The topological polar surface area (TPSA) is 85.6 Å². The molecule has 7 nitrogen and oxygen atoms in total. The number of thiophene rings is 2. The van der Waals surface area contributed by atoms with Gasteiger partial charge < -0.3 is 10.1 Å². The second-order valence-electron chi connectivity index (χ2n) is 10.9. The molecule has 228 valence electrons. The number of nitrogens with one attached hydrogen (secondary N) is 1. The zero-order chi connectivity index (χ0) is 31.2. The van der Waals surface area contributed by atoms with Crippen LogP contribution in [-0.4, -0.2) is 32.6 Å². The Balaban J connectivity index is 1.36. The molecule has 0 unspecified atom stereocenters.